The van der Waals surface area contributed by atoms with Crippen LogP contribution in [0, 0.1) is 40.4 Å². The Labute approximate surface area is 129 Å². The third kappa shape index (κ3) is 3.23. The summed E-state index contributed by atoms with van der Waals surface area (Å²) in [4.78, 5) is 0. The normalized spacial score (nSPS) is 39.4. The van der Waals surface area contributed by atoms with Gasteiger partial charge in [0.25, 0.3) is 0 Å². The molecule has 2 aliphatic carbocycles. The van der Waals surface area contributed by atoms with Crippen LogP contribution >= 0.6 is 10.0 Å². The van der Waals surface area contributed by atoms with Gasteiger partial charge in [-0.3, -0.25) is 0 Å². The van der Waals surface area contributed by atoms with Gasteiger partial charge in [0, 0.05) is 0 Å². The van der Waals surface area contributed by atoms with E-state index in [-0.39, 0.29) is 10.0 Å². The van der Waals surface area contributed by atoms with E-state index in [4.69, 9.17) is 0 Å². The number of hydrogen-bond donors (Lipinski definition) is 0. The molecule has 2 bridgehead atoms. The van der Waals surface area contributed by atoms with Gasteiger partial charge in [0.1, 0.15) is 0 Å². The minimum atomic E-state index is -0.352. The zero-order valence-electron chi connectivity index (χ0n) is 15.4. The summed E-state index contributed by atoms with van der Waals surface area (Å²) in [5.74, 6) is 6.44. The zero-order chi connectivity index (χ0) is 15.5. The first kappa shape index (κ1) is 16.7. The Balaban J connectivity index is 2.25. The maximum atomic E-state index is 2.51. The van der Waals surface area contributed by atoms with E-state index in [0.29, 0.717) is 10.8 Å². The van der Waals surface area contributed by atoms with Crippen LogP contribution in [0.5, 0.6) is 0 Å². The van der Waals surface area contributed by atoms with E-state index in [1.165, 1.54) is 18.6 Å². The first-order chi connectivity index (χ1) is 8.81. The molecule has 20 heavy (non-hydrogen) atoms. The zero-order valence-corrected chi connectivity index (χ0v) is 16.2. The Morgan fingerprint density at radius 3 is 1.70 bits per heavy atom. The molecule has 0 aromatic heterocycles. The standard InChI is InChI=1S/C19H38S/c1-18(2,3)16-13-10-14(12-20(7,8)9)15(11-13)17(16)19(4,5)6/h13-17H,10-12H2,1-9H3. The van der Waals surface area contributed by atoms with E-state index >= 15 is 0 Å². The first-order valence-corrected chi connectivity index (χ1v) is 11.5. The van der Waals surface area contributed by atoms with Crippen molar-refractivity contribution in [3.05, 3.63) is 0 Å². The number of fused-ring (bicyclic) bond motifs is 2. The van der Waals surface area contributed by atoms with Gasteiger partial charge in [-0.2, -0.15) is 0 Å². The van der Waals surface area contributed by atoms with Crippen molar-refractivity contribution in [2.45, 2.75) is 54.4 Å². The summed E-state index contributed by atoms with van der Waals surface area (Å²) in [6, 6.07) is 0. The molecule has 2 rings (SSSR count). The van der Waals surface area contributed by atoms with Crippen molar-refractivity contribution in [3.8, 4) is 0 Å². The molecule has 0 aromatic rings. The summed E-state index contributed by atoms with van der Waals surface area (Å²) >= 11 is 0. The van der Waals surface area contributed by atoms with E-state index < -0.39 is 0 Å². The average Bonchev–Trinajstić information content (AvgIpc) is 2.67. The lowest BCUT2D eigenvalue weighted by atomic mass is 9.57. The lowest BCUT2D eigenvalue weighted by Gasteiger charge is -2.49. The van der Waals surface area contributed by atoms with Gasteiger partial charge in [-0.25, -0.2) is 10.0 Å². The molecule has 0 nitrogen and oxygen atoms in total. The fourth-order valence-corrected chi connectivity index (χ4v) is 7.42. The van der Waals surface area contributed by atoms with Crippen LogP contribution < -0.4 is 0 Å². The lowest BCUT2D eigenvalue weighted by molar-refractivity contribution is 0.00591. The van der Waals surface area contributed by atoms with Crippen molar-refractivity contribution in [2.24, 2.45) is 40.4 Å². The van der Waals surface area contributed by atoms with Crippen LogP contribution in [0.25, 0.3) is 0 Å². The molecule has 0 heterocycles. The van der Waals surface area contributed by atoms with Crippen LogP contribution in [0.3, 0.4) is 0 Å². The summed E-state index contributed by atoms with van der Waals surface area (Å²) in [5.41, 5.74) is 0.959. The maximum Gasteiger partial charge on any atom is -0.0204 e. The van der Waals surface area contributed by atoms with Gasteiger partial charge >= 0.3 is 0 Å². The van der Waals surface area contributed by atoms with Crippen molar-refractivity contribution < 1.29 is 0 Å². The summed E-state index contributed by atoms with van der Waals surface area (Å²) in [6.07, 6.45) is 10.6. The van der Waals surface area contributed by atoms with Crippen molar-refractivity contribution in [1.29, 1.82) is 0 Å². The second-order valence-corrected chi connectivity index (χ2v) is 15.2. The average molecular weight is 299 g/mol. The van der Waals surface area contributed by atoms with Gasteiger partial charge in [-0.05, 0) is 77.8 Å². The first-order valence-electron chi connectivity index (χ1n) is 8.47. The van der Waals surface area contributed by atoms with E-state index in [0.717, 1.165) is 29.6 Å². The minimum absolute atomic E-state index is 0.352. The molecule has 0 N–H and O–H groups in total. The Morgan fingerprint density at radius 2 is 1.30 bits per heavy atom. The molecule has 0 radical (unpaired) electrons. The van der Waals surface area contributed by atoms with Crippen LogP contribution in [0.2, 0.25) is 0 Å². The predicted molar refractivity (Wildman–Crippen MR) is 95.8 cm³/mol. The topological polar surface area (TPSA) is 0 Å². The molecule has 5 unspecified atom stereocenters. The summed E-state index contributed by atoms with van der Waals surface area (Å²) in [6.45, 7) is 15.0. The molecule has 0 aliphatic heterocycles. The highest BCUT2D eigenvalue weighted by Gasteiger charge is 2.58. The third-order valence-corrected chi connectivity index (χ3v) is 7.28. The summed E-state index contributed by atoms with van der Waals surface area (Å²) in [5, 5.41) is 0. The van der Waals surface area contributed by atoms with E-state index in [1.807, 2.05) is 0 Å². The molecule has 0 saturated heterocycles. The molecule has 2 aliphatic rings. The molecule has 2 fully saturated rings. The molecule has 0 aromatic carbocycles. The molecular formula is C19H38S. The Kier molecular flexibility index (Phi) is 4.12. The Hall–Kier alpha value is 0.350. The maximum absolute atomic E-state index is 2.51. The van der Waals surface area contributed by atoms with Crippen molar-refractivity contribution in [1.82, 2.24) is 0 Å². The fourth-order valence-electron chi connectivity index (χ4n) is 5.76. The SMILES string of the molecule is CC(C)(C)C1C2CC(CS(C)(C)C)C(C2)C1C(C)(C)C. The third-order valence-electron chi connectivity index (χ3n) is 5.86. The van der Waals surface area contributed by atoms with Crippen molar-refractivity contribution in [2.75, 3.05) is 24.5 Å². The second kappa shape index (κ2) is 4.93. The van der Waals surface area contributed by atoms with Gasteiger partial charge in [0.15, 0.2) is 0 Å². The van der Waals surface area contributed by atoms with Crippen molar-refractivity contribution in [3.63, 3.8) is 0 Å². The molecule has 5 atom stereocenters. The monoisotopic (exact) mass is 298 g/mol. The van der Waals surface area contributed by atoms with Gasteiger partial charge < -0.3 is 0 Å². The molecule has 0 amide bonds. The Morgan fingerprint density at radius 1 is 0.800 bits per heavy atom. The second-order valence-electron chi connectivity index (χ2n) is 10.7. The van der Waals surface area contributed by atoms with E-state index in [1.54, 1.807) is 0 Å². The molecule has 0 spiro atoms. The Bertz CT molecular complexity index is 347. The summed E-state index contributed by atoms with van der Waals surface area (Å²) in [7, 11) is -0.352. The van der Waals surface area contributed by atoms with Gasteiger partial charge in [0.05, 0.1) is 0 Å². The quantitative estimate of drug-likeness (QED) is 0.617. The highest BCUT2D eigenvalue weighted by molar-refractivity contribution is 8.32. The molecule has 1 heteroatoms. The van der Waals surface area contributed by atoms with Gasteiger partial charge in [-0.15, -0.1) is 0 Å². The highest BCUT2D eigenvalue weighted by Crippen LogP contribution is 2.65. The molecule has 2 saturated carbocycles. The fraction of sp³-hybridized carbons (Fsp3) is 1.00. The van der Waals surface area contributed by atoms with Crippen LogP contribution in [-0.2, 0) is 0 Å². The van der Waals surface area contributed by atoms with Crippen LogP contribution in [0.4, 0.5) is 0 Å². The van der Waals surface area contributed by atoms with Crippen molar-refractivity contribution >= 4 is 10.0 Å². The minimum Gasteiger partial charge on any atom is -0.249 e. The van der Waals surface area contributed by atoms with Crippen LogP contribution in [0.1, 0.15) is 54.4 Å². The van der Waals surface area contributed by atoms with Gasteiger partial charge in [-0.1, -0.05) is 41.5 Å². The van der Waals surface area contributed by atoms with Gasteiger partial charge in [0.2, 0.25) is 0 Å². The highest BCUT2D eigenvalue weighted by atomic mass is 32.3. The summed E-state index contributed by atoms with van der Waals surface area (Å²) < 4.78 is 0. The number of hydrogen-bond acceptors (Lipinski definition) is 0. The smallest absolute Gasteiger partial charge is 0.0204 e. The lowest BCUT2D eigenvalue weighted by Crippen LogP contribution is -2.43. The van der Waals surface area contributed by atoms with E-state index in [9.17, 15) is 0 Å². The molecule has 120 valence electrons. The van der Waals surface area contributed by atoms with Crippen LogP contribution in [-0.4, -0.2) is 24.5 Å². The molecular weight excluding hydrogens is 260 g/mol. The van der Waals surface area contributed by atoms with E-state index in [2.05, 4.69) is 60.3 Å². The number of rotatable bonds is 2. The predicted octanol–water partition coefficient (Wildman–Crippen LogP) is 5.66. The largest absolute Gasteiger partial charge is 0.249 e. The van der Waals surface area contributed by atoms with Crippen LogP contribution in [0.15, 0.2) is 0 Å².